The van der Waals surface area contributed by atoms with Gasteiger partial charge in [-0.3, -0.25) is 0 Å². The summed E-state index contributed by atoms with van der Waals surface area (Å²) in [5, 5.41) is 9.86. The molecule has 1 aromatic rings. The minimum absolute atomic E-state index is 0.00574. The lowest BCUT2D eigenvalue weighted by Crippen LogP contribution is -2.33. The molecule has 1 aromatic carbocycles. The van der Waals surface area contributed by atoms with Crippen LogP contribution in [0.1, 0.15) is 25.3 Å². The van der Waals surface area contributed by atoms with Crippen molar-refractivity contribution in [1.82, 2.24) is 0 Å². The number of rotatable bonds is 3. The zero-order chi connectivity index (χ0) is 9.90. The molecule has 0 bridgehead atoms. The van der Waals surface area contributed by atoms with Crippen LogP contribution < -0.4 is 0 Å². The van der Waals surface area contributed by atoms with Crippen molar-refractivity contribution in [3.8, 4) is 0 Å². The highest BCUT2D eigenvalue weighted by Crippen LogP contribution is 2.27. The summed E-state index contributed by atoms with van der Waals surface area (Å²) in [6, 6.07) is 9.90. The molecule has 1 rings (SSSR count). The van der Waals surface area contributed by atoms with Crippen LogP contribution in [0.25, 0.3) is 0 Å². The van der Waals surface area contributed by atoms with Crippen molar-refractivity contribution in [2.24, 2.45) is 0 Å². The van der Waals surface area contributed by atoms with E-state index in [0.717, 1.165) is 5.56 Å². The molecule has 0 amide bonds. The Kier molecular flexibility index (Phi) is 3.25. The van der Waals surface area contributed by atoms with E-state index in [4.69, 9.17) is 4.43 Å². The van der Waals surface area contributed by atoms with Gasteiger partial charge >= 0.3 is 0 Å². The lowest BCUT2D eigenvalue weighted by atomic mass is 9.94. The first-order valence-electron chi connectivity index (χ1n) is 4.40. The zero-order valence-electron chi connectivity index (χ0n) is 8.32. The maximum atomic E-state index is 9.86. The minimum atomic E-state index is -1.03. The topological polar surface area (TPSA) is 29.5 Å². The van der Waals surface area contributed by atoms with Crippen molar-refractivity contribution >= 4 is 10.5 Å². The van der Waals surface area contributed by atoms with Gasteiger partial charge in [-0.2, -0.15) is 0 Å². The van der Waals surface area contributed by atoms with E-state index in [2.05, 4.69) is 0 Å². The average Bonchev–Trinajstić information content (AvgIpc) is 2.18. The number of benzene rings is 1. The summed E-state index contributed by atoms with van der Waals surface area (Å²) in [6.45, 7) is 3.67. The molecule has 2 atom stereocenters. The molecule has 72 valence electrons. The van der Waals surface area contributed by atoms with Crippen LogP contribution in [0, 0.1) is 0 Å². The lowest BCUT2D eigenvalue weighted by Gasteiger charge is -2.29. The summed E-state index contributed by atoms with van der Waals surface area (Å²) in [7, 11) is 0.546. The molecule has 0 saturated carbocycles. The highest BCUT2D eigenvalue weighted by atomic mass is 28.2. The standard InChI is InChI=1S/C10H16O2Si/c1-8(10(2,11)12-13)9-6-4-3-5-7-9/h3-8,11H,1-2,13H3/t8-,10+/m1/s1. The van der Waals surface area contributed by atoms with Crippen LogP contribution in [-0.2, 0) is 4.43 Å². The monoisotopic (exact) mass is 196 g/mol. The van der Waals surface area contributed by atoms with Crippen LogP contribution >= 0.6 is 0 Å². The molecule has 0 aliphatic rings. The minimum Gasteiger partial charge on any atom is -0.401 e. The van der Waals surface area contributed by atoms with E-state index in [-0.39, 0.29) is 5.92 Å². The number of hydrogen-bond donors (Lipinski definition) is 1. The van der Waals surface area contributed by atoms with Crippen LogP contribution in [-0.4, -0.2) is 21.4 Å². The molecule has 3 heteroatoms. The highest BCUT2D eigenvalue weighted by Gasteiger charge is 2.28. The SMILES string of the molecule is C[C@H](c1ccccc1)[C@@](C)(O)O[SiH3]. The molecule has 13 heavy (non-hydrogen) atoms. The molecule has 2 nitrogen and oxygen atoms in total. The molecule has 1 N–H and O–H groups in total. The third-order valence-corrected chi connectivity index (χ3v) is 3.34. The summed E-state index contributed by atoms with van der Waals surface area (Å²) in [5.41, 5.74) is 1.10. The van der Waals surface area contributed by atoms with E-state index in [1.165, 1.54) is 0 Å². The van der Waals surface area contributed by atoms with Gasteiger partial charge in [-0.05, 0) is 12.5 Å². The Labute approximate surface area is 82.1 Å². The maximum Gasteiger partial charge on any atom is 0.158 e. The molecular formula is C10H16O2Si. The molecule has 0 fully saturated rings. The third kappa shape index (κ3) is 2.40. The van der Waals surface area contributed by atoms with E-state index in [0.29, 0.717) is 10.5 Å². The van der Waals surface area contributed by atoms with Crippen LogP contribution in [0.5, 0.6) is 0 Å². The molecule has 0 aromatic heterocycles. The van der Waals surface area contributed by atoms with Gasteiger partial charge in [0.25, 0.3) is 0 Å². The predicted octanol–water partition coefficient (Wildman–Crippen LogP) is 0.796. The van der Waals surface area contributed by atoms with E-state index in [9.17, 15) is 5.11 Å². The Hall–Kier alpha value is -0.643. The van der Waals surface area contributed by atoms with Crippen molar-refractivity contribution in [2.45, 2.75) is 25.6 Å². The largest absolute Gasteiger partial charge is 0.401 e. The van der Waals surface area contributed by atoms with Gasteiger partial charge in [0.2, 0.25) is 0 Å². The smallest absolute Gasteiger partial charge is 0.158 e. The van der Waals surface area contributed by atoms with E-state index < -0.39 is 5.79 Å². The number of aliphatic hydroxyl groups is 1. The fraction of sp³-hybridized carbons (Fsp3) is 0.400. The first-order valence-corrected chi connectivity index (χ1v) is 5.22. The molecule has 0 radical (unpaired) electrons. The van der Waals surface area contributed by atoms with Gasteiger partial charge in [0, 0.05) is 5.92 Å². The molecular weight excluding hydrogens is 180 g/mol. The van der Waals surface area contributed by atoms with Crippen molar-refractivity contribution in [3.63, 3.8) is 0 Å². The second kappa shape index (κ2) is 4.04. The molecule has 0 unspecified atom stereocenters. The first kappa shape index (κ1) is 10.4. The summed E-state index contributed by atoms with van der Waals surface area (Å²) >= 11 is 0. The van der Waals surface area contributed by atoms with Crippen LogP contribution in [0.3, 0.4) is 0 Å². The van der Waals surface area contributed by atoms with Gasteiger partial charge in [0.1, 0.15) is 10.5 Å². The quantitative estimate of drug-likeness (QED) is 0.572. The zero-order valence-corrected chi connectivity index (χ0v) is 10.3. The molecule has 0 spiro atoms. The van der Waals surface area contributed by atoms with Gasteiger partial charge < -0.3 is 9.53 Å². The lowest BCUT2D eigenvalue weighted by molar-refractivity contribution is -0.134. The fourth-order valence-corrected chi connectivity index (χ4v) is 1.58. The summed E-state index contributed by atoms with van der Waals surface area (Å²) in [6.07, 6.45) is 0. The van der Waals surface area contributed by atoms with Gasteiger partial charge in [-0.1, -0.05) is 37.3 Å². The molecule has 0 heterocycles. The second-order valence-corrected chi connectivity index (χ2v) is 3.80. The van der Waals surface area contributed by atoms with Crippen molar-refractivity contribution in [1.29, 1.82) is 0 Å². The maximum absolute atomic E-state index is 9.86. The van der Waals surface area contributed by atoms with Crippen molar-refractivity contribution in [3.05, 3.63) is 35.9 Å². The summed E-state index contributed by atoms with van der Waals surface area (Å²) in [4.78, 5) is 0. The van der Waals surface area contributed by atoms with Crippen molar-refractivity contribution in [2.75, 3.05) is 0 Å². The van der Waals surface area contributed by atoms with E-state index >= 15 is 0 Å². The first-order chi connectivity index (χ1) is 6.08. The molecule has 0 aliphatic heterocycles. The summed E-state index contributed by atoms with van der Waals surface area (Å²) < 4.78 is 5.15. The predicted molar refractivity (Wildman–Crippen MR) is 56.5 cm³/mol. The van der Waals surface area contributed by atoms with Crippen LogP contribution in [0.15, 0.2) is 30.3 Å². The second-order valence-electron chi connectivity index (χ2n) is 3.39. The Bertz CT molecular complexity index is 259. The van der Waals surface area contributed by atoms with Crippen molar-refractivity contribution < 1.29 is 9.53 Å². The molecule has 0 saturated heterocycles. The van der Waals surface area contributed by atoms with Crippen LogP contribution in [0.2, 0.25) is 0 Å². The Morgan fingerprint density at radius 3 is 2.38 bits per heavy atom. The Morgan fingerprint density at radius 2 is 1.92 bits per heavy atom. The van der Waals surface area contributed by atoms with Gasteiger partial charge in [0.15, 0.2) is 5.79 Å². The molecule has 0 aliphatic carbocycles. The van der Waals surface area contributed by atoms with E-state index in [1.54, 1.807) is 6.92 Å². The van der Waals surface area contributed by atoms with Crippen LogP contribution in [0.4, 0.5) is 0 Å². The average molecular weight is 196 g/mol. The normalized spacial score (nSPS) is 18.1. The Balaban J connectivity index is 2.85. The van der Waals surface area contributed by atoms with E-state index in [1.807, 2.05) is 37.3 Å². The number of hydrogen-bond acceptors (Lipinski definition) is 2. The summed E-state index contributed by atoms with van der Waals surface area (Å²) in [5.74, 6) is -1.03. The van der Waals surface area contributed by atoms with Gasteiger partial charge in [0.05, 0.1) is 0 Å². The van der Waals surface area contributed by atoms with Gasteiger partial charge in [-0.15, -0.1) is 0 Å². The Morgan fingerprint density at radius 1 is 1.38 bits per heavy atom. The third-order valence-electron chi connectivity index (χ3n) is 2.52. The highest BCUT2D eigenvalue weighted by molar-refractivity contribution is 5.98. The van der Waals surface area contributed by atoms with Gasteiger partial charge in [-0.25, -0.2) is 0 Å². The fourth-order valence-electron chi connectivity index (χ4n) is 1.23.